The Hall–Kier alpha value is -3.02. The molecule has 0 spiro atoms. The number of hydrogen-bond donors (Lipinski definition) is 1. The summed E-state index contributed by atoms with van der Waals surface area (Å²) in [6, 6.07) is 15.7. The molecule has 0 bridgehead atoms. The van der Waals surface area contributed by atoms with Gasteiger partial charge in [-0.15, -0.1) is 10.2 Å². The second-order valence-corrected chi connectivity index (χ2v) is 5.99. The van der Waals surface area contributed by atoms with Crippen LogP contribution in [0.15, 0.2) is 48.5 Å². The van der Waals surface area contributed by atoms with Crippen LogP contribution in [-0.4, -0.2) is 26.1 Å². The number of nitrogens with zero attached hydrogens (tertiary/aromatic N) is 4. The average molecular weight is 335 g/mol. The number of para-hydroxylation sites is 1. The summed E-state index contributed by atoms with van der Waals surface area (Å²) >= 11 is 0. The molecule has 6 heteroatoms. The number of tetrazole rings is 1. The number of carbonyl (C=O) groups excluding carboxylic acids is 1. The van der Waals surface area contributed by atoms with Crippen LogP contribution in [0.5, 0.6) is 0 Å². The second kappa shape index (κ2) is 7.70. The number of rotatable bonds is 6. The molecule has 1 aromatic heterocycles. The Morgan fingerprint density at radius 1 is 1.04 bits per heavy atom. The molecular weight excluding hydrogens is 314 g/mol. The maximum absolute atomic E-state index is 12.2. The van der Waals surface area contributed by atoms with Crippen LogP contribution in [0, 0.1) is 13.8 Å². The number of aromatic nitrogens is 4. The van der Waals surface area contributed by atoms with E-state index in [1.54, 1.807) is 0 Å². The van der Waals surface area contributed by atoms with Gasteiger partial charge in [0.15, 0.2) is 0 Å². The van der Waals surface area contributed by atoms with Crippen LogP contribution in [-0.2, 0) is 11.3 Å². The average Bonchev–Trinajstić information content (AvgIpc) is 3.08. The van der Waals surface area contributed by atoms with Crippen LogP contribution in [0.4, 0.5) is 5.69 Å². The van der Waals surface area contributed by atoms with E-state index in [1.807, 2.05) is 62.4 Å². The molecule has 1 N–H and O–H groups in total. The zero-order valence-electron chi connectivity index (χ0n) is 14.4. The fourth-order valence-corrected chi connectivity index (χ4v) is 2.64. The third-order valence-corrected chi connectivity index (χ3v) is 3.99. The van der Waals surface area contributed by atoms with E-state index >= 15 is 0 Å². The Morgan fingerprint density at radius 3 is 2.48 bits per heavy atom. The van der Waals surface area contributed by atoms with Crippen molar-refractivity contribution in [3.63, 3.8) is 0 Å². The zero-order chi connectivity index (χ0) is 17.6. The third kappa shape index (κ3) is 4.29. The van der Waals surface area contributed by atoms with Crippen LogP contribution in [0.25, 0.3) is 11.4 Å². The molecule has 0 fully saturated rings. The number of hydrogen-bond acceptors (Lipinski definition) is 4. The van der Waals surface area contributed by atoms with Crippen LogP contribution < -0.4 is 5.32 Å². The lowest BCUT2D eigenvalue weighted by molar-refractivity contribution is -0.116. The van der Waals surface area contributed by atoms with Crippen LogP contribution in [0.3, 0.4) is 0 Å². The fourth-order valence-electron chi connectivity index (χ4n) is 2.64. The number of anilines is 1. The molecule has 2 aromatic carbocycles. The predicted molar refractivity (Wildman–Crippen MR) is 97.0 cm³/mol. The molecule has 1 amide bonds. The third-order valence-electron chi connectivity index (χ3n) is 3.99. The number of aryl methyl sites for hydroxylation is 3. The first-order valence-electron chi connectivity index (χ1n) is 8.33. The summed E-state index contributed by atoms with van der Waals surface area (Å²) < 4.78 is 0. The molecule has 128 valence electrons. The summed E-state index contributed by atoms with van der Waals surface area (Å²) in [5, 5.41) is 15.4. The molecule has 0 saturated heterocycles. The van der Waals surface area contributed by atoms with Crippen molar-refractivity contribution in [3.8, 4) is 11.4 Å². The Kier molecular flexibility index (Phi) is 5.18. The van der Waals surface area contributed by atoms with Crippen LogP contribution >= 0.6 is 0 Å². The molecule has 0 aliphatic rings. The van der Waals surface area contributed by atoms with E-state index in [-0.39, 0.29) is 5.91 Å². The summed E-state index contributed by atoms with van der Waals surface area (Å²) in [4.78, 5) is 13.7. The lowest BCUT2D eigenvalue weighted by atomic mass is 10.1. The second-order valence-electron chi connectivity index (χ2n) is 5.99. The summed E-state index contributed by atoms with van der Waals surface area (Å²) in [6.07, 6.45) is 1.07. The Balaban J connectivity index is 1.51. The Labute approximate surface area is 146 Å². The van der Waals surface area contributed by atoms with Crippen molar-refractivity contribution in [1.29, 1.82) is 0 Å². The van der Waals surface area contributed by atoms with Crippen LogP contribution in [0.2, 0.25) is 0 Å². The minimum absolute atomic E-state index is 0.000739. The molecule has 1 heterocycles. The van der Waals surface area contributed by atoms with Gasteiger partial charge in [-0.2, -0.15) is 4.80 Å². The van der Waals surface area contributed by atoms with E-state index in [4.69, 9.17) is 0 Å². The van der Waals surface area contributed by atoms with Crippen molar-refractivity contribution in [2.24, 2.45) is 0 Å². The number of benzene rings is 2. The molecule has 0 aliphatic carbocycles. The van der Waals surface area contributed by atoms with Gasteiger partial charge in [-0.25, -0.2) is 0 Å². The largest absolute Gasteiger partial charge is 0.326 e. The Morgan fingerprint density at radius 2 is 1.76 bits per heavy atom. The first kappa shape index (κ1) is 16.8. The van der Waals surface area contributed by atoms with Crippen LogP contribution in [0.1, 0.15) is 24.0 Å². The fraction of sp³-hybridized carbons (Fsp3) is 0.263. The van der Waals surface area contributed by atoms with E-state index in [0.29, 0.717) is 25.2 Å². The number of nitrogens with one attached hydrogen (secondary N) is 1. The summed E-state index contributed by atoms with van der Waals surface area (Å²) in [7, 11) is 0. The smallest absolute Gasteiger partial charge is 0.224 e. The molecule has 0 aliphatic heterocycles. The Bertz CT molecular complexity index is 837. The maximum atomic E-state index is 12.2. The van der Waals surface area contributed by atoms with Gasteiger partial charge < -0.3 is 5.32 Å². The van der Waals surface area contributed by atoms with Gasteiger partial charge >= 0.3 is 0 Å². The molecule has 6 nitrogen and oxygen atoms in total. The molecule has 0 atom stereocenters. The molecule has 3 rings (SSSR count). The molecule has 0 unspecified atom stereocenters. The molecular formula is C19H21N5O. The highest BCUT2D eigenvalue weighted by Crippen LogP contribution is 2.19. The van der Waals surface area contributed by atoms with E-state index in [9.17, 15) is 4.79 Å². The van der Waals surface area contributed by atoms with Crippen molar-refractivity contribution in [1.82, 2.24) is 20.2 Å². The summed E-state index contributed by atoms with van der Waals surface area (Å²) in [5.74, 6) is 0.599. The van der Waals surface area contributed by atoms with Crippen molar-refractivity contribution < 1.29 is 4.79 Å². The van der Waals surface area contributed by atoms with Gasteiger partial charge in [-0.1, -0.05) is 48.5 Å². The lowest BCUT2D eigenvalue weighted by Gasteiger charge is -2.11. The van der Waals surface area contributed by atoms with Gasteiger partial charge in [0, 0.05) is 17.7 Å². The van der Waals surface area contributed by atoms with Crippen molar-refractivity contribution in [2.45, 2.75) is 33.2 Å². The van der Waals surface area contributed by atoms with Gasteiger partial charge in [0.25, 0.3) is 0 Å². The normalized spacial score (nSPS) is 10.6. The van der Waals surface area contributed by atoms with Crippen molar-refractivity contribution in [3.05, 3.63) is 59.7 Å². The topological polar surface area (TPSA) is 72.7 Å². The highest BCUT2D eigenvalue weighted by Gasteiger charge is 2.09. The zero-order valence-corrected chi connectivity index (χ0v) is 14.4. The molecule has 0 radical (unpaired) electrons. The standard InChI is InChI=1S/C19H21N5O/c1-14-8-6-9-15(2)18(14)20-17(25)12-7-13-24-22-19(21-23-24)16-10-4-3-5-11-16/h3-6,8-11H,7,12-13H2,1-2H3,(H,20,25). The molecule has 3 aromatic rings. The monoisotopic (exact) mass is 335 g/mol. The van der Waals surface area contributed by atoms with Gasteiger partial charge in [-0.05, 0) is 36.6 Å². The van der Waals surface area contributed by atoms with E-state index < -0.39 is 0 Å². The number of carbonyl (C=O) groups is 1. The first-order valence-corrected chi connectivity index (χ1v) is 8.33. The summed E-state index contributed by atoms with van der Waals surface area (Å²) in [6.45, 7) is 4.54. The van der Waals surface area contributed by atoms with E-state index in [2.05, 4.69) is 20.7 Å². The van der Waals surface area contributed by atoms with Gasteiger partial charge in [0.2, 0.25) is 11.7 Å². The van der Waals surface area contributed by atoms with E-state index in [0.717, 1.165) is 22.4 Å². The highest BCUT2D eigenvalue weighted by atomic mass is 16.1. The molecule has 0 saturated carbocycles. The van der Waals surface area contributed by atoms with Gasteiger partial charge in [0.05, 0.1) is 6.54 Å². The number of amides is 1. The SMILES string of the molecule is Cc1cccc(C)c1NC(=O)CCCn1nnc(-c2ccccc2)n1. The summed E-state index contributed by atoms with van der Waals surface area (Å²) in [5.41, 5.74) is 3.97. The lowest BCUT2D eigenvalue weighted by Crippen LogP contribution is -2.14. The minimum atomic E-state index is 0.000739. The van der Waals surface area contributed by atoms with Gasteiger partial charge in [0.1, 0.15) is 0 Å². The quantitative estimate of drug-likeness (QED) is 0.749. The van der Waals surface area contributed by atoms with Crippen molar-refractivity contribution >= 4 is 11.6 Å². The van der Waals surface area contributed by atoms with Crippen molar-refractivity contribution in [2.75, 3.05) is 5.32 Å². The van der Waals surface area contributed by atoms with E-state index in [1.165, 1.54) is 4.80 Å². The molecule has 25 heavy (non-hydrogen) atoms. The minimum Gasteiger partial charge on any atom is -0.326 e. The highest BCUT2D eigenvalue weighted by molar-refractivity contribution is 5.92. The predicted octanol–water partition coefficient (Wildman–Crippen LogP) is 3.38. The first-order chi connectivity index (χ1) is 12.1. The maximum Gasteiger partial charge on any atom is 0.224 e. The van der Waals surface area contributed by atoms with Gasteiger partial charge in [-0.3, -0.25) is 4.79 Å².